The van der Waals surface area contributed by atoms with Crippen molar-refractivity contribution >= 4 is 17.0 Å². The van der Waals surface area contributed by atoms with Crippen molar-refractivity contribution in [1.82, 2.24) is 19.9 Å². The first kappa shape index (κ1) is 12.3. The van der Waals surface area contributed by atoms with Gasteiger partial charge in [-0.1, -0.05) is 0 Å². The summed E-state index contributed by atoms with van der Waals surface area (Å²) in [6.07, 6.45) is 4.95. The van der Waals surface area contributed by atoms with E-state index in [2.05, 4.69) is 19.9 Å². The average molecular weight is 273 g/mol. The summed E-state index contributed by atoms with van der Waals surface area (Å²) < 4.78 is 17.7. The molecule has 0 aliphatic rings. The van der Waals surface area contributed by atoms with E-state index in [9.17, 15) is 4.39 Å². The molecule has 20 heavy (non-hydrogen) atoms. The minimum Gasteiger partial charge on any atom is -0.490 e. The van der Waals surface area contributed by atoms with Gasteiger partial charge in [0, 0.05) is 24.2 Å². The van der Waals surface area contributed by atoms with Crippen molar-refractivity contribution in [3.05, 3.63) is 30.7 Å². The van der Waals surface area contributed by atoms with Gasteiger partial charge in [-0.05, 0) is 12.1 Å². The summed E-state index contributed by atoms with van der Waals surface area (Å²) in [5.41, 5.74) is 7.69. The zero-order valence-corrected chi connectivity index (χ0v) is 10.5. The summed E-state index contributed by atoms with van der Waals surface area (Å²) in [5.74, 6) is 0.744. The number of alkyl halides is 1. The van der Waals surface area contributed by atoms with Gasteiger partial charge in [0.1, 0.15) is 24.7 Å². The van der Waals surface area contributed by atoms with Gasteiger partial charge in [-0.2, -0.15) is 0 Å². The van der Waals surface area contributed by atoms with Crippen LogP contribution in [0.4, 0.5) is 10.3 Å². The number of rotatable bonds is 4. The second-order valence-corrected chi connectivity index (χ2v) is 4.07. The molecular formula is C13H12FN5O. The van der Waals surface area contributed by atoms with Crippen LogP contribution in [-0.2, 0) is 0 Å². The van der Waals surface area contributed by atoms with Crippen LogP contribution in [0.2, 0.25) is 0 Å². The quantitative estimate of drug-likeness (QED) is 0.758. The van der Waals surface area contributed by atoms with Crippen molar-refractivity contribution in [2.75, 3.05) is 19.0 Å². The summed E-state index contributed by atoms with van der Waals surface area (Å²) in [6.45, 7) is -0.556. The topological polar surface area (TPSA) is 89.7 Å². The largest absolute Gasteiger partial charge is 0.490 e. The van der Waals surface area contributed by atoms with Gasteiger partial charge in [-0.15, -0.1) is 0 Å². The molecule has 0 amide bonds. The summed E-state index contributed by atoms with van der Waals surface area (Å²) in [6, 6.07) is 3.44. The predicted molar refractivity (Wildman–Crippen MR) is 73.0 cm³/mol. The fourth-order valence-corrected chi connectivity index (χ4v) is 2.02. The molecule has 0 fully saturated rings. The van der Waals surface area contributed by atoms with Gasteiger partial charge in [-0.25, -0.2) is 19.3 Å². The Kier molecular flexibility index (Phi) is 3.16. The molecule has 3 heterocycles. The molecule has 0 aliphatic heterocycles. The Bertz CT molecular complexity index is 742. The van der Waals surface area contributed by atoms with Crippen LogP contribution in [0.15, 0.2) is 30.7 Å². The summed E-state index contributed by atoms with van der Waals surface area (Å²) in [5, 5.41) is 0.749. The molecule has 3 rings (SSSR count). The van der Waals surface area contributed by atoms with Crippen molar-refractivity contribution in [2.45, 2.75) is 0 Å². The van der Waals surface area contributed by atoms with E-state index in [1.54, 1.807) is 30.7 Å². The molecule has 3 N–H and O–H groups in total. The number of nitrogen functional groups attached to an aromatic ring is 1. The number of halogens is 1. The normalized spacial score (nSPS) is 10.8. The third-order valence-electron chi connectivity index (χ3n) is 2.82. The number of anilines is 1. The standard InChI is InChI=1S/C13H12FN5O/c14-3-6-20-10-2-5-16-12-11(10)8(7-18-12)9-1-4-17-13(15)19-9/h1-2,4-5,7H,3,6H2,(H,16,18)(H2,15,17,19). The Morgan fingerprint density at radius 2 is 2.10 bits per heavy atom. The van der Waals surface area contributed by atoms with E-state index in [-0.39, 0.29) is 12.6 Å². The molecule has 7 heteroatoms. The molecular weight excluding hydrogens is 261 g/mol. The number of nitrogens with two attached hydrogens (primary N) is 1. The molecule has 102 valence electrons. The number of aromatic amines is 1. The molecule has 0 bridgehead atoms. The van der Waals surface area contributed by atoms with Crippen molar-refractivity contribution in [1.29, 1.82) is 0 Å². The molecule has 0 aromatic carbocycles. The SMILES string of the molecule is Nc1nccc(-c2c[nH]c3nccc(OCCF)c23)n1. The Balaban J connectivity index is 2.16. The molecule has 0 spiro atoms. The van der Waals surface area contributed by atoms with E-state index in [4.69, 9.17) is 10.5 Å². The van der Waals surface area contributed by atoms with Crippen LogP contribution >= 0.6 is 0 Å². The lowest BCUT2D eigenvalue weighted by Gasteiger charge is -2.06. The van der Waals surface area contributed by atoms with Gasteiger partial charge in [0.05, 0.1) is 11.1 Å². The van der Waals surface area contributed by atoms with Gasteiger partial charge in [0.2, 0.25) is 5.95 Å². The molecule has 3 aromatic rings. The van der Waals surface area contributed by atoms with Crippen LogP contribution < -0.4 is 10.5 Å². The minimum absolute atomic E-state index is 0.00432. The summed E-state index contributed by atoms with van der Waals surface area (Å²) >= 11 is 0. The molecule has 3 aromatic heterocycles. The van der Waals surface area contributed by atoms with E-state index < -0.39 is 6.67 Å². The van der Waals surface area contributed by atoms with Gasteiger partial charge in [0.25, 0.3) is 0 Å². The minimum atomic E-state index is -0.552. The molecule has 0 aliphatic carbocycles. The fourth-order valence-electron chi connectivity index (χ4n) is 2.02. The van der Waals surface area contributed by atoms with Crippen LogP contribution in [0.1, 0.15) is 0 Å². The van der Waals surface area contributed by atoms with Gasteiger partial charge < -0.3 is 15.5 Å². The van der Waals surface area contributed by atoms with Crippen LogP contribution in [0, 0.1) is 0 Å². The summed E-state index contributed by atoms with van der Waals surface area (Å²) in [4.78, 5) is 15.3. The molecule has 0 saturated heterocycles. The number of hydrogen-bond donors (Lipinski definition) is 2. The van der Waals surface area contributed by atoms with Crippen molar-refractivity contribution in [3.8, 4) is 17.0 Å². The highest BCUT2D eigenvalue weighted by Crippen LogP contribution is 2.33. The number of nitrogens with zero attached hydrogens (tertiary/aromatic N) is 3. The maximum absolute atomic E-state index is 12.3. The van der Waals surface area contributed by atoms with Crippen LogP contribution in [0.25, 0.3) is 22.3 Å². The molecule has 0 saturated carbocycles. The highest BCUT2D eigenvalue weighted by atomic mass is 19.1. The first-order valence-corrected chi connectivity index (χ1v) is 6.03. The lowest BCUT2D eigenvalue weighted by molar-refractivity contribution is 0.276. The highest BCUT2D eigenvalue weighted by molar-refractivity contribution is 5.97. The van der Waals surface area contributed by atoms with E-state index in [0.29, 0.717) is 17.1 Å². The van der Waals surface area contributed by atoms with E-state index in [1.807, 2.05) is 0 Å². The number of hydrogen-bond acceptors (Lipinski definition) is 5. The first-order chi connectivity index (χ1) is 9.79. The molecule has 6 nitrogen and oxygen atoms in total. The van der Waals surface area contributed by atoms with Crippen LogP contribution in [-0.4, -0.2) is 33.2 Å². The number of ether oxygens (including phenoxy) is 1. The lowest BCUT2D eigenvalue weighted by atomic mass is 10.1. The first-order valence-electron chi connectivity index (χ1n) is 6.03. The number of nitrogens with one attached hydrogen (secondary N) is 1. The molecule has 0 radical (unpaired) electrons. The summed E-state index contributed by atoms with van der Waals surface area (Å²) in [7, 11) is 0. The maximum Gasteiger partial charge on any atom is 0.220 e. The fraction of sp³-hybridized carbons (Fsp3) is 0.154. The highest BCUT2D eigenvalue weighted by Gasteiger charge is 2.13. The number of H-pyrrole nitrogens is 1. The van der Waals surface area contributed by atoms with E-state index >= 15 is 0 Å². The van der Waals surface area contributed by atoms with Crippen LogP contribution in [0.3, 0.4) is 0 Å². The Labute approximate surface area is 113 Å². The van der Waals surface area contributed by atoms with Crippen molar-refractivity contribution < 1.29 is 9.13 Å². The second-order valence-electron chi connectivity index (χ2n) is 4.07. The smallest absolute Gasteiger partial charge is 0.220 e. The second kappa shape index (κ2) is 5.12. The zero-order valence-electron chi connectivity index (χ0n) is 10.5. The Morgan fingerprint density at radius 3 is 2.90 bits per heavy atom. The maximum atomic E-state index is 12.3. The monoisotopic (exact) mass is 273 g/mol. The number of aromatic nitrogens is 4. The Hall–Kier alpha value is -2.70. The number of pyridine rings is 1. The lowest BCUT2D eigenvalue weighted by Crippen LogP contribution is -2.00. The van der Waals surface area contributed by atoms with Gasteiger partial charge in [0.15, 0.2) is 0 Å². The zero-order chi connectivity index (χ0) is 13.9. The number of fused-ring (bicyclic) bond motifs is 1. The molecule has 0 unspecified atom stereocenters. The van der Waals surface area contributed by atoms with Crippen molar-refractivity contribution in [2.24, 2.45) is 0 Å². The van der Waals surface area contributed by atoms with Gasteiger partial charge in [-0.3, -0.25) is 0 Å². The van der Waals surface area contributed by atoms with Gasteiger partial charge >= 0.3 is 0 Å². The van der Waals surface area contributed by atoms with Crippen molar-refractivity contribution in [3.63, 3.8) is 0 Å². The average Bonchev–Trinajstić information content (AvgIpc) is 2.89. The third kappa shape index (κ3) is 2.13. The predicted octanol–water partition coefficient (Wildman–Crippen LogP) is 1.95. The molecule has 0 atom stereocenters. The third-order valence-corrected chi connectivity index (χ3v) is 2.82. The van der Waals surface area contributed by atoms with E-state index in [0.717, 1.165) is 10.9 Å². The van der Waals surface area contributed by atoms with E-state index in [1.165, 1.54) is 0 Å². The van der Waals surface area contributed by atoms with Crippen LogP contribution in [0.5, 0.6) is 5.75 Å². The Morgan fingerprint density at radius 1 is 1.25 bits per heavy atom.